The topological polar surface area (TPSA) is 46.5 Å². The van der Waals surface area contributed by atoms with Gasteiger partial charge in [0.05, 0.1) is 19.1 Å². The molecular weight excluding hydrogens is 156 g/mol. The van der Waals surface area contributed by atoms with Gasteiger partial charge < -0.3 is 9.84 Å². The zero-order valence-electron chi connectivity index (χ0n) is 7.08. The van der Waals surface area contributed by atoms with Crippen molar-refractivity contribution in [3.05, 3.63) is 0 Å². The fourth-order valence-electron chi connectivity index (χ4n) is 2.06. The van der Waals surface area contributed by atoms with Gasteiger partial charge in [0, 0.05) is 6.42 Å². The Labute approximate surface area is 71.7 Å². The molecule has 0 bridgehead atoms. The fourth-order valence-corrected chi connectivity index (χ4v) is 2.06. The maximum absolute atomic E-state index is 11.4. The summed E-state index contributed by atoms with van der Waals surface area (Å²) in [4.78, 5) is 11.4. The van der Waals surface area contributed by atoms with Gasteiger partial charge in [-0.3, -0.25) is 4.79 Å². The van der Waals surface area contributed by atoms with Crippen molar-refractivity contribution in [3.8, 4) is 0 Å². The van der Waals surface area contributed by atoms with E-state index in [9.17, 15) is 9.90 Å². The minimum absolute atomic E-state index is 0.139. The first kappa shape index (κ1) is 8.20. The summed E-state index contributed by atoms with van der Waals surface area (Å²) in [5, 5.41) is 9.86. The van der Waals surface area contributed by atoms with Gasteiger partial charge in [-0.15, -0.1) is 0 Å². The van der Waals surface area contributed by atoms with Crippen LogP contribution in [0.4, 0.5) is 0 Å². The maximum atomic E-state index is 11.4. The molecule has 2 aliphatic rings. The number of carbonyl (C=O) groups is 1. The highest BCUT2D eigenvalue weighted by molar-refractivity contribution is 5.83. The number of aliphatic hydroxyl groups is 1. The first-order valence-corrected chi connectivity index (χ1v) is 4.55. The number of Topliss-reactive ketones (excluding diaryl/α,β-unsaturated/α-hetero) is 1. The summed E-state index contributed by atoms with van der Waals surface area (Å²) in [5.74, 6) is 0.0899. The van der Waals surface area contributed by atoms with Crippen LogP contribution in [0.5, 0.6) is 0 Å². The third-order valence-corrected chi connectivity index (χ3v) is 2.91. The fraction of sp³-hybridized carbons (Fsp3) is 0.889. The first-order valence-electron chi connectivity index (χ1n) is 4.55. The molecule has 0 aromatic carbocycles. The summed E-state index contributed by atoms with van der Waals surface area (Å²) in [7, 11) is 0. The van der Waals surface area contributed by atoms with E-state index in [2.05, 4.69) is 0 Å². The summed E-state index contributed by atoms with van der Waals surface area (Å²) >= 11 is 0. The second-order valence-electron chi connectivity index (χ2n) is 3.86. The number of ketones is 1. The lowest BCUT2D eigenvalue weighted by molar-refractivity contribution is -0.210. The highest BCUT2D eigenvalue weighted by atomic mass is 16.5. The zero-order chi connectivity index (χ0) is 8.60. The van der Waals surface area contributed by atoms with Crippen LogP contribution in [0.1, 0.15) is 25.7 Å². The van der Waals surface area contributed by atoms with Gasteiger partial charge in [0.15, 0.2) is 0 Å². The summed E-state index contributed by atoms with van der Waals surface area (Å²) in [6, 6.07) is 0. The van der Waals surface area contributed by atoms with Crippen molar-refractivity contribution in [2.75, 3.05) is 13.2 Å². The zero-order valence-corrected chi connectivity index (χ0v) is 7.08. The third-order valence-electron chi connectivity index (χ3n) is 2.91. The number of ether oxygens (including phenoxy) is 1. The van der Waals surface area contributed by atoms with E-state index in [1.165, 1.54) is 0 Å². The van der Waals surface area contributed by atoms with Gasteiger partial charge in [-0.25, -0.2) is 0 Å². The molecule has 3 nitrogen and oxygen atoms in total. The van der Waals surface area contributed by atoms with Gasteiger partial charge in [-0.05, 0) is 12.8 Å². The second-order valence-corrected chi connectivity index (χ2v) is 3.86. The van der Waals surface area contributed by atoms with Crippen LogP contribution in [-0.2, 0) is 9.53 Å². The van der Waals surface area contributed by atoms with Crippen LogP contribution in [0.15, 0.2) is 0 Å². The van der Waals surface area contributed by atoms with Crippen molar-refractivity contribution in [2.24, 2.45) is 5.92 Å². The molecule has 68 valence electrons. The van der Waals surface area contributed by atoms with Crippen LogP contribution in [-0.4, -0.2) is 29.7 Å². The Morgan fingerprint density at radius 3 is 2.67 bits per heavy atom. The minimum Gasteiger partial charge on any atom is -0.384 e. The van der Waals surface area contributed by atoms with Crippen molar-refractivity contribution >= 4 is 5.78 Å². The molecule has 1 saturated carbocycles. The highest BCUT2D eigenvalue weighted by Crippen LogP contribution is 2.34. The second kappa shape index (κ2) is 2.82. The smallest absolute Gasteiger partial charge is 0.139 e. The quantitative estimate of drug-likeness (QED) is 0.623. The average Bonchev–Trinajstić information content (AvgIpc) is 2.01. The summed E-state index contributed by atoms with van der Waals surface area (Å²) in [6.45, 7) is 0.701. The van der Waals surface area contributed by atoms with Crippen molar-refractivity contribution in [2.45, 2.75) is 31.3 Å². The Hall–Kier alpha value is -0.410. The Kier molecular flexibility index (Phi) is 1.93. The van der Waals surface area contributed by atoms with Crippen molar-refractivity contribution in [3.63, 3.8) is 0 Å². The van der Waals surface area contributed by atoms with Gasteiger partial charge in [0.25, 0.3) is 0 Å². The van der Waals surface area contributed by atoms with E-state index in [0.717, 1.165) is 19.3 Å². The van der Waals surface area contributed by atoms with Crippen molar-refractivity contribution in [1.82, 2.24) is 0 Å². The van der Waals surface area contributed by atoms with Crippen molar-refractivity contribution in [1.29, 1.82) is 0 Å². The molecule has 1 unspecified atom stereocenters. The number of hydrogen-bond donors (Lipinski definition) is 1. The van der Waals surface area contributed by atoms with Gasteiger partial charge >= 0.3 is 0 Å². The normalized spacial score (nSPS) is 34.4. The van der Waals surface area contributed by atoms with Crippen LogP contribution >= 0.6 is 0 Å². The predicted molar refractivity (Wildman–Crippen MR) is 42.7 cm³/mol. The molecule has 0 aromatic rings. The van der Waals surface area contributed by atoms with Crippen LogP contribution < -0.4 is 0 Å². The molecular formula is C9H14O3. The van der Waals surface area contributed by atoms with E-state index in [4.69, 9.17) is 4.74 Å². The van der Waals surface area contributed by atoms with E-state index >= 15 is 0 Å². The Morgan fingerprint density at radius 1 is 1.42 bits per heavy atom. The van der Waals surface area contributed by atoms with Crippen LogP contribution in [0, 0.1) is 5.92 Å². The minimum atomic E-state index is -0.808. The van der Waals surface area contributed by atoms with Crippen molar-refractivity contribution < 1.29 is 14.6 Å². The lowest BCUT2D eigenvalue weighted by atomic mass is 9.75. The lowest BCUT2D eigenvalue weighted by Crippen LogP contribution is -2.58. The van der Waals surface area contributed by atoms with Crippen LogP contribution in [0.3, 0.4) is 0 Å². The Morgan fingerprint density at radius 2 is 2.17 bits per heavy atom. The van der Waals surface area contributed by atoms with Gasteiger partial charge in [0.1, 0.15) is 11.4 Å². The van der Waals surface area contributed by atoms with Crippen LogP contribution in [0.25, 0.3) is 0 Å². The number of carbonyl (C=O) groups excluding carboxylic acids is 1. The SMILES string of the molecule is O=C1CCCCC1C1(O)COC1. The highest BCUT2D eigenvalue weighted by Gasteiger charge is 2.47. The molecule has 1 N–H and O–H groups in total. The predicted octanol–water partition coefficient (Wildman–Crippen LogP) is 0.507. The van der Waals surface area contributed by atoms with Crippen LogP contribution in [0.2, 0.25) is 0 Å². The molecule has 3 heteroatoms. The summed E-state index contributed by atoms with van der Waals surface area (Å²) < 4.78 is 4.94. The molecule has 0 spiro atoms. The lowest BCUT2D eigenvalue weighted by Gasteiger charge is -2.43. The summed E-state index contributed by atoms with van der Waals surface area (Å²) in [6.07, 6.45) is 3.55. The number of hydrogen-bond acceptors (Lipinski definition) is 3. The standard InChI is InChI=1S/C9H14O3/c10-8-4-2-1-3-7(8)9(11)5-12-6-9/h7,11H,1-6H2. The van der Waals surface area contributed by atoms with E-state index in [1.54, 1.807) is 0 Å². The Bertz CT molecular complexity index is 196. The molecule has 1 aliphatic carbocycles. The molecule has 1 saturated heterocycles. The van der Waals surface area contributed by atoms with Gasteiger partial charge in [-0.1, -0.05) is 6.42 Å². The van der Waals surface area contributed by atoms with E-state index in [0.29, 0.717) is 19.6 Å². The summed E-state index contributed by atoms with van der Waals surface area (Å²) in [5.41, 5.74) is -0.808. The monoisotopic (exact) mass is 170 g/mol. The molecule has 2 rings (SSSR count). The largest absolute Gasteiger partial charge is 0.384 e. The molecule has 0 aromatic heterocycles. The van der Waals surface area contributed by atoms with Gasteiger partial charge in [0.2, 0.25) is 0 Å². The molecule has 0 amide bonds. The first-order chi connectivity index (χ1) is 5.72. The van der Waals surface area contributed by atoms with Gasteiger partial charge in [-0.2, -0.15) is 0 Å². The molecule has 1 heterocycles. The number of rotatable bonds is 1. The molecule has 0 radical (unpaired) electrons. The van der Waals surface area contributed by atoms with E-state index < -0.39 is 5.60 Å². The molecule has 1 atom stereocenters. The molecule has 2 fully saturated rings. The maximum Gasteiger partial charge on any atom is 0.139 e. The molecule has 12 heavy (non-hydrogen) atoms. The Balaban J connectivity index is 2.05. The van der Waals surface area contributed by atoms with E-state index in [1.807, 2.05) is 0 Å². The third kappa shape index (κ3) is 1.17. The average molecular weight is 170 g/mol. The van der Waals surface area contributed by atoms with E-state index in [-0.39, 0.29) is 11.7 Å². The molecule has 1 aliphatic heterocycles.